The van der Waals surface area contributed by atoms with Gasteiger partial charge in [0, 0.05) is 50.9 Å². The molecular formula is C18H28N6O. The van der Waals surface area contributed by atoms with Gasteiger partial charge in [-0.3, -0.25) is 9.69 Å². The van der Waals surface area contributed by atoms with Gasteiger partial charge in [-0.2, -0.15) is 0 Å². The number of rotatable bonds is 3. The van der Waals surface area contributed by atoms with Crippen LogP contribution in [0, 0.1) is 0 Å². The van der Waals surface area contributed by atoms with E-state index in [1.165, 1.54) is 19.4 Å². The number of likely N-dealkylation sites (tertiary alicyclic amines) is 1. The number of hydrogen-bond acceptors (Lipinski definition) is 6. The van der Waals surface area contributed by atoms with Crippen molar-refractivity contribution in [2.24, 2.45) is 0 Å². The minimum atomic E-state index is -0.0275. The fourth-order valence-electron chi connectivity index (χ4n) is 4.01. The minimum absolute atomic E-state index is 0.0275. The van der Waals surface area contributed by atoms with Crippen molar-refractivity contribution in [3.8, 4) is 0 Å². The van der Waals surface area contributed by atoms with Gasteiger partial charge in [-0.15, -0.1) is 0 Å². The molecule has 2 saturated heterocycles. The van der Waals surface area contributed by atoms with Gasteiger partial charge < -0.3 is 15.5 Å². The molecule has 2 N–H and O–H groups in total. The first kappa shape index (κ1) is 16.7. The van der Waals surface area contributed by atoms with Gasteiger partial charge in [0.05, 0.1) is 0 Å². The zero-order valence-corrected chi connectivity index (χ0v) is 15.0. The molecule has 1 aromatic heterocycles. The van der Waals surface area contributed by atoms with Gasteiger partial charge in [0.25, 0.3) is 5.91 Å². The number of piperidine rings is 1. The predicted molar refractivity (Wildman–Crippen MR) is 96.4 cm³/mol. The molecule has 1 amide bonds. The lowest BCUT2D eigenvalue weighted by molar-refractivity contribution is 0.0452. The first-order valence-corrected chi connectivity index (χ1v) is 9.46. The van der Waals surface area contributed by atoms with Crippen molar-refractivity contribution in [1.29, 1.82) is 0 Å². The molecule has 4 rings (SSSR count). The summed E-state index contributed by atoms with van der Waals surface area (Å²) in [4.78, 5) is 28.3. The Morgan fingerprint density at radius 1 is 1.16 bits per heavy atom. The smallest absolute Gasteiger partial charge is 0.259 e. The maximum atomic E-state index is 12.8. The van der Waals surface area contributed by atoms with Gasteiger partial charge in [0.1, 0.15) is 17.2 Å². The average Bonchev–Trinajstić information content (AvgIpc) is 3.46. The first-order valence-electron chi connectivity index (χ1n) is 9.46. The number of nitrogens with two attached hydrogens (primary N) is 1. The van der Waals surface area contributed by atoms with Crippen molar-refractivity contribution >= 4 is 11.7 Å². The minimum Gasteiger partial charge on any atom is -0.383 e. The van der Waals surface area contributed by atoms with Gasteiger partial charge >= 0.3 is 0 Å². The summed E-state index contributed by atoms with van der Waals surface area (Å²) in [7, 11) is 2.19. The standard InChI is InChI=1S/C18H28N6O/c1-22-6-2-3-14(12-22)23-7-9-24(10-8-23)18(25)15-11-20-17(13-4-5-13)21-16(15)19/h11,13-14H,2-10,12H2,1H3,(H2,19,20,21). The molecule has 0 radical (unpaired) electrons. The zero-order valence-electron chi connectivity index (χ0n) is 15.0. The Hall–Kier alpha value is -1.73. The number of likely N-dealkylation sites (N-methyl/N-ethyl adjacent to an activating group) is 1. The molecule has 1 saturated carbocycles. The van der Waals surface area contributed by atoms with Gasteiger partial charge in [-0.1, -0.05) is 0 Å². The Bertz CT molecular complexity index is 638. The number of nitrogens with zero attached hydrogens (tertiary/aromatic N) is 5. The molecule has 1 aliphatic carbocycles. The topological polar surface area (TPSA) is 78.6 Å². The lowest BCUT2D eigenvalue weighted by atomic mass is 10.0. The van der Waals surface area contributed by atoms with Crippen LogP contribution in [0.25, 0.3) is 0 Å². The van der Waals surface area contributed by atoms with Crippen molar-refractivity contribution in [3.63, 3.8) is 0 Å². The number of amides is 1. The van der Waals surface area contributed by atoms with Crippen molar-refractivity contribution in [3.05, 3.63) is 17.6 Å². The molecule has 136 valence electrons. The van der Waals surface area contributed by atoms with Crippen LogP contribution >= 0.6 is 0 Å². The highest BCUT2D eigenvalue weighted by Gasteiger charge is 2.31. The number of carbonyl (C=O) groups is 1. The monoisotopic (exact) mass is 344 g/mol. The fourth-order valence-corrected chi connectivity index (χ4v) is 4.01. The molecule has 1 aromatic rings. The van der Waals surface area contributed by atoms with E-state index in [4.69, 9.17) is 5.73 Å². The molecule has 3 aliphatic rings. The zero-order chi connectivity index (χ0) is 17.4. The number of aromatic nitrogens is 2. The Labute approximate surface area is 149 Å². The summed E-state index contributed by atoms with van der Waals surface area (Å²) >= 11 is 0. The lowest BCUT2D eigenvalue weighted by Gasteiger charge is -2.42. The van der Waals surface area contributed by atoms with E-state index in [0.29, 0.717) is 23.3 Å². The highest BCUT2D eigenvalue weighted by Crippen LogP contribution is 2.38. The molecule has 1 unspecified atom stereocenters. The summed E-state index contributed by atoms with van der Waals surface area (Å²) in [5, 5.41) is 0. The second kappa shape index (κ2) is 6.88. The highest BCUT2D eigenvalue weighted by atomic mass is 16.2. The van der Waals surface area contributed by atoms with Crippen molar-refractivity contribution in [1.82, 2.24) is 24.7 Å². The van der Waals surface area contributed by atoms with Gasteiger partial charge in [-0.05, 0) is 39.3 Å². The molecule has 25 heavy (non-hydrogen) atoms. The Morgan fingerprint density at radius 2 is 1.92 bits per heavy atom. The van der Waals surface area contributed by atoms with E-state index in [9.17, 15) is 4.79 Å². The summed E-state index contributed by atoms with van der Waals surface area (Å²) in [6.45, 7) is 5.71. The molecule has 7 nitrogen and oxygen atoms in total. The Morgan fingerprint density at radius 3 is 2.56 bits per heavy atom. The third kappa shape index (κ3) is 3.62. The van der Waals surface area contributed by atoms with Gasteiger partial charge in [0.2, 0.25) is 0 Å². The quantitative estimate of drug-likeness (QED) is 0.873. The first-order chi connectivity index (χ1) is 12.1. The third-order valence-corrected chi connectivity index (χ3v) is 5.73. The van der Waals surface area contributed by atoms with Gasteiger partial charge in [0.15, 0.2) is 0 Å². The maximum Gasteiger partial charge on any atom is 0.259 e. The van der Waals surface area contributed by atoms with Crippen LogP contribution in [0.15, 0.2) is 6.20 Å². The Kier molecular flexibility index (Phi) is 4.60. The molecule has 3 heterocycles. The molecule has 7 heteroatoms. The Balaban J connectivity index is 1.36. The van der Waals surface area contributed by atoms with Crippen LogP contribution in [-0.2, 0) is 0 Å². The summed E-state index contributed by atoms with van der Waals surface area (Å²) in [5.41, 5.74) is 6.49. The normalized spacial score (nSPS) is 26.0. The van der Waals surface area contributed by atoms with E-state index >= 15 is 0 Å². The molecule has 0 aromatic carbocycles. The van der Waals surface area contributed by atoms with Crippen LogP contribution in [0.4, 0.5) is 5.82 Å². The van der Waals surface area contributed by atoms with Crippen LogP contribution in [-0.4, -0.2) is 82.9 Å². The third-order valence-electron chi connectivity index (χ3n) is 5.73. The van der Waals surface area contributed by atoms with E-state index in [0.717, 1.165) is 51.4 Å². The second-order valence-electron chi connectivity index (χ2n) is 7.69. The fraction of sp³-hybridized carbons (Fsp3) is 0.722. The second-order valence-corrected chi connectivity index (χ2v) is 7.69. The largest absolute Gasteiger partial charge is 0.383 e. The van der Waals surface area contributed by atoms with Gasteiger partial charge in [-0.25, -0.2) is 9.97 Å². The maximum absolute atomic E-state index is 12.8. The number of nitrogen functional groups attached to an aromatic ring is 1. The van der Waals surface area contributed by atoms with E-state index in [2.05, 4.69) is 26.8 Å². The van der Waals surface area contributed by atoms with Crippen LogP contribution in [0.2, 0.25) is 0 Å². The van der Waals surface area contributed by atoms with E-state index in [-0.39, 0.29) is 5.91 Å². The number of hydrogen-bond donors (Lipinski definition) is 1. The number of carbonyl (C=O) groups excluding carboxylic acids is 1. The molecule has 3 fully saturated rings. The van der Waals surface area contributed by atoms with E-state index in [1.54, 1.807) is 6.20 Å². The molecule has 1 atom stereocenters. The van der Waals surface area contributed by atoms with Crippen LogP contribution in [0.1, 0.15) is 47.8 Å². The lowest BCUT2D eigenvalue weighted by Crippen LogP contribution is -2.55. The molecule has 0 bridgehead atoms. The number of anilines is 1. The van der Waals surface area contributed by atoms with Crippen molar-refractivity contribution < 1.29 is 4.79 Å². The predicted octanol–water partition coefficient (Wildman–Crippen LogP) is 0.788. The molecule has 0 spiro atoms. The van der Waals surface area contributed by atoms with Crippen molar-refractivity contribution in [2.75, 3.05) is 52.0 Å². The van der Waals surface area contributed by atoms with E-state index < -0.39 is 0 Å². The summed E-state index contributed by atoms with van der Waals surface area (Å²) < 4.78 is 0. The van der Waals surface area contributed by atoms with E-state index in [1.807, 2.05) is 4.90 Å². The summed E-state index contributed by atoms with van der Waals surface area (Å²) in [6, 6.07) is 0.627. The highest BCUT2D eigenvalue weighted by molar-refractivity contribution is 5.98. The number of piperazine rings is 1. The molecule has 2 aliphatic heterocycles. The summed E-state index contributed by atoms with van der Waals surface area (Å²) in [6.07, 6.45) is 6.42. The van der Waals surface area contributed by atoms with Crippen LogP contribution in [0.3, 0.4) is 0 Å². The van der Waals surface area contributed by atoms with Crippen molar-refractivity contribution in [2.45, 2.75) is 37.6 Å². The SMILES string of the molecule is CN1CCCC(N2CCN(C(=O)c3cnc(C4CC4)nc3N)CC2)C1. The summed E-state index contributed by atoms with van der Waals surface area (Å²) in [5.74, 6) is 1.54. The molecular weight excluding hydrogens is 316 g/mol. The van der Waals surface area contributed by atoms with Crippen LogP contribution in [0.5, 0.6) is 0 Å². The van der Waals surface area contributed by atoms with Crippen LogP contribution < -0.4 is 5.73 Å². The average molecular weight is 344 g/mol.